The molecule has 1 aliphatic heterocycles. The van der Waals surface area contributed by atoms with Crippen molar-refractivity contribution in [2.45, 2.75) is 37.8 Å². The Bertz CT molecular complexity index is 425. The molecule has 1 saturated carbocycles. The monoisotopic (exact) mass is 251 g/mol. The smallest absolute Gasteiger partial charge is 0.264 e. The van der Waals surface area contributed by atoms with Crippen LogP contribution in [-0.2, 0) is 4.74 Å². The Hall–Kier alpha value is -1.07. The molecular weight excluding hydrogens is 230 g/mol. The van der Waals surface area contributed by atoms with Gasteiger partial charge in [0.05, 0.1) is 13.2 Å². The van der Waals surface area contributed by atoms with Crippen LogP contribution in [0.25, 0.3) is 0 Å². The summed E-state index contributed by atoms with van der Waals surface area (Å²) in [6, 6.07) is 2.80. The molecule has 2 fully saturated rings. The molecule has 1 aromatic heterocycles. The van der Waals surface area contributed by atoms with Gasteiger partial charge in [0.25, 0.3) is 5.56 Å². The van der Waals surface area contributed by atoms with Crippen molar-refractivity contribution in [3.63, 3.8) is 0 Å². The first-order chi connectivity index (χ1) is 8.83. The van der Waals surface area contributed by atoms with E-state index in [0.717, 1.165) is 39.1 Å². The summed E-state index contributed by atoms with van der Waals surface area (Å²) in [4.78, 5) is 13.7. The van der Waals surface area contributed by atoms with Gasteiger partial charge in [0.1, 0.15) is 0 Å². The van der Waals surface area contributed by atoms with Crippen molar-refractivity contribution < 1.29 is 4.74 Å². The first-order valence-corrected chi connectivity index (χ1v) is 6.92. The molecule has 100 valence electrons. The maximum Gasteiger partial charge on any atom is 0.264 e. The average molecular weight is 251 g/mol. The number of morpholine rings is 1. The number of hydrogen-bond donors (Lipinski definition) is 1. The summed E-state index contributed by atoms with van der Waals surface area (Å²) in [7, 11) is 0. The van der Waals surface area contributed by atoms with Crippen molar-refractivity contribution in [2.75, 3.05) is 26.3 Å². The van der Waals surface area contributed by atoms with Gasteiger partial charge in [0, 0.05) is 37.4 Å². The van der Waals surface area contributed by atoms with Gasteiger partial charge >= 0.3 is 0 Å². The number of ether oxygens (including phenoxy) is 1. The van der Waals surface area contributed by atoms with E-state index in [2.05, 4.69) is 10.00 Å². The average Bonchev–Trinajstić information content (AvgIpc) is 2.87. The second-order valence-corrected chi connectivity index (χ2v) is 5.31. The van der Waals surface area contributed by atoms with E-state index in [-0.39, 0.29) is 5.56 Å². The Labute approximate surface area is 107 Å². The fourth-order valence-corrected chi connectivity index (χ4v) is 3.21. The van der Waals surface area contributed by atoms with E-state index in [1.165, 1.54) is 12.8 Å². The highest BCUT2D eigenvalue weighted by Crippen LogP contribution is 2.30. The van der Waals surface area contributed by atoms with Crippen LogP contribution in [0.1, 0.15) is 31.7 Å². The quantitative estimate of drug-likeness (QED) is 0.853. The van der Waals surface area contributed by atoms with Crippen molar-refractivity contribution in [3.05, 3.63) is 22.6 Å². The molecule has 2 aliphatic rings. The van der Waals surface area contributed by atoms with Crippen LogP contribution in [0, 0.1) is 0 Å². The van der Waals surface area contributed by atoms with Crippen LogP contribution in [0.3, 0.4) is 0 Å². The highest BCUT2D eigenvalue weighted by atomic mass is 16.5. The van der Waals surface area contributed by atoms with Crippen molar-refractivity contribution in [1.29, 1.82) is 0 Å². The zero-order chi connectivity index (χ0) is 12.4. The van der Waals surface area contributed by atoms with E-state index < -0.39 is 0 Å². The van der Waals surface area contributed by atoms with E-state index >= 15 is 0 Å². The van der Waals surface area contributed by atoms with Gasteiger partial charge in [-0.05, 0) is 25.7 Å². The minimum atomic E-state index is 0.00491. The molecule has 1 aliphatic carbocycles. The predicted octanol–water partition coefficient (Wildman–Crippen LogP) is 0.992. The molecule has 18 heavy (non-hydrogen) atoms. The van der Waals surface area contributed by atoms with Gasteiger partial charge in [-0.1, -0.05) is 0 Å². The lowest BCUT2D eigenvalue weighted by Gasteiger charge is -2.38. The van der Waals surface area contributed by atoms with Crippen LogP contribution >= 0.6 is 0 Å². The lowest BCUT2D eigenvalue weighted by atomic mass is 9.90. The summed E-state index contributed by atoms with van der Waals surface area (Å²) in [6.45, 7) is 3.92. The van der Waals surface area contributed by atoms with Crippen LogP contribution in [-0.4, -0.2) is 47.0 Å². The molecule has 0 unspecified atom stereocenters. The third-order valence-electron chi connectivity index (χ3n) is 4.25. The summed E-state index contributed by atoms with van der Waals surface area (Å²) >= 11 is 0. The fraction of sp³-hybridized carbons (Fsp3) is 0.769. The standard InChI is InChI=1S/C13H21N3O2/c17-13-5-6-16(14-13)12-3-1-11(2-4-12)15-7-9-18-10-8-15/h5-6,11-12H,1-4,7-10H2,(H,14,17). The third kappa shape index (κ3) is 2.52. The normalized spacial score (nSPS) is 30.4. The van der Waals surface area contributed by atoms with Crippen LogP contribution in [0.15, 0.2) is 17.1 Å². The molecular formula is C13H21N3O2. The lowest BCUT2D eigenvalue weighted by Crippen LogP contribution is -2.45. The maximum atomic E-state index is 11.1. The fourth-order valence-electron chi connectivity index (χ4n) is 3.21. The Morgan fingerprint density at radius 3 is 2.39 bits per heavy atom. The Balaban J connectivity index is 1.56. The molecule has 1 saturated heterocycles. The number of hydrogen-bond acceptors (Lipinski definition) is 3. The molecule has 0 bridgehead atoms. The van der Waals surface area contributed by atoms with E-state index in [1.807, 2.05) is 10.9 Å². The van der Waals surface area contributed by atoms with Gasteiger partial charge in [0.15, 0.2) is 0 Å². The Morgan fingerprint density at radius 2 is 1.78 bits per heavy atom. The number of H-pyrrole nitrogens is 1. The van der Waals surface area contributed by atoms with Crippen molar-refractivity contribution >= 4 is 0 Å². The van der Waals surface area contributed by atoms with Crippen LogP contribution < -0.4 is 5.56 Å². The predicted molar refractivity (Wildman–Crippen MR) is 68.7 cm³/mol. The molecule has 1 aromatic rings. The molecule has 3 rings (SSSR count). The molecule has 0 aromatic carbocycles. The van der Waals surface area contributed by atoms with Crippen LogP contribution in [0.2, 0.25) is 0 Å². The Morgan fingerprint density at radius 1 is 1.11 bits per heavy atom. The first kappa shape index (κ1) is 12.0. The number of aromatic amines is 1. The molecule has 1 N–H and O–H groups in total. The van der Waals surface area contributed by atoms with Crippen LogP contribution in [0.5, 0.6) is 0 Å². The molecule has 0 amide bonds. The highest BCUT2D eigenvalue weighted by Gasteiger charge is 2.27. The van der Waals surface area contributed by atoms with E-state index in [9.17, 15) is 4.79 Å². The number of nitrogens with one attached hydrogen (secondary N) is 1. The SMILES string of the molecule is O=c1ccn(C2CCC(N3CCOCC3)CC2)[nH]1. The minimum Gasteiger partial charge on any atom is -0.379 e. The van der Waals surface area contributed by atoms with Crippen molar-refractivity contribution in [3.8, 4) is 0 Å². The van der Waals surface area contributed by atoms with E-state index in [0.29, 0.717) is 12.1 Å². The number of aromatic nitrogens is 2. The summed E-state index contributed by atoms with van der Waals surface area (Å²) < 4.78 is 7.38. The van der Waals surface area contributed by atoms with Gasteiger partial charge in [-0.15, -0.1) is 0 Å². The molecule has 0 radical (unpaired) electrons. The largest absolute Gasteiger partial charge is 0.379 e. The summed E-state index contributed by atoms with van der Waals surface area (Å²) in [5.41, 5.74) is 0.00491. The first-order valence-electron chi connectivity index (χ1n) is 6.92. The van der Waals surface area contributed by atoms with Gasteiger partial charge in [0.2, 0.25) is 0 Å². The lowest BCUT2D eigenvalue weighted by molar-refractivity contribution is 0.00505. The van der Waals surface area contributed by atoms with Gasteiger partial charge in [-0.2, -0.15) is 0 Å². The van der Waals surface area contributed by atoms with E-state index in [4.69, 9.17) is 4.74 Å². The van der Waals surface area contributed by atoms with Crippen molar-refractivity contribution in [1.82, 2.24) is 14.7 Å². The van der Waals surface area contributed by atoms with Gasteiger partial charge in [-0.3, -0.25) is 19.5 Å². The van der Waals surface area contributed by atoms with Crippen LogP contribution in [0.4, 0.5) is 0 Å². The third-order valence-corrected chi connectivity index (χ3v) is 4.25. The van der Waals surface area contributed by atoms with Gasteiger partial charge in [-0.25, -0.2) is 0 Å². The highest BCUT2D eigenvalue weighted by molar-refractivity contribution is 4.87. The molecule has 0 spiro atoms. The number of nitrogens with zero attached hydrogens (tertiary/aromatic N) is 2. The second-order valence-electron chi connectivity index (χ2n) is 5.31. The zero-order valence-electron chi connectivity index (χ0n) is 10.7. The number of rotatable bonds is 2. The summed E-state index contributed by atoms with van der Waals surface area (Å²) in [5, 5.41) is 2.87. The maximum absolute atomic E-state index is 11.1. The summed E-state index contributed by atoms with van der Waals surface area (Å²) in [6.07, 6.45) is 6.65. The van der Waals surface area contributed by atoms with E-state index in [1.54, 1.807) is 6.07 Å². The molecule has 0 atom stereocenters. The second kappa shape index (κ2) is 5.28. The van der Waals surface area contributed by atoms with Crippen molar-refractivity contribution in [2.24, 2.45) is 0 Å². The molecule has 2 heterocycles. The molecule has 5 heteroatoms. The molecule has 5 nitrogen and oxygen atoms in total. The minimum absolute atomic E-state index is 0.00491. The zero-order valence-corrected chi connectivity index (χ0v) is 10.7. The van der Waals surface area contributed by atoms with Gasteiger partial charge < -0.3 is 4.74 Å². The topological polar surface area (TPSA) is 50.3 Å². The summed E-state index contributed by atoms with van der Waals surface area (Å²) in [5.74, 6) is 0. The Kier molecular flexibility index (Phi) is 3.52.